The molecule has 2 fully saturated rings. The number of ether oxygens (including phenoxy) is 1. The first-order valence-corrected chi connectivity index (χ1v) is 13.0. The quantitative estimate of drug-likeness (QED) is 0.447. The van der Waals surface area contributed by atoms with Gasteiger partial charge in [-0.2, -0.15) is 0 Å². The second-order valence-electron chi connectivity index (χ2n) is 9.53. The van der Waals surface area contributed by atoms with E-state index in [-0.39, 0.29) is 0 Å². The van der Waals surface area contributed by atoms with Gasteiger partial charge in [-0.3, -0.25) is 0 Å². The Bertz CT molecular complexity index is 1260. The average Bonchev–Trinajstić information content (AvgIpc) is 2.98. The van der Waals surface area contributed by atoms with Crippen LogP contribution in [-0.4, -0.2) is 63.8 Å². The molecule has 3 aliphatic heterocycles. The highest BCUT2D eigenvalue weighted by Crippen LogP contribution is 2.35. The Kier molecular flexibility index (Phi) is 6.75. The van der Waals surface area contributed by atoms with Crippen molar-refractivity contribution in [3.05, 3.63) is 71.9 Å². The number of rotatable bonds is 6. The first-order chi connectivity index (χ1) is 18.3. The van der Waals surface area contributed by atoms with E-state index in [1.165, 1.54) is 11.4 Å². The van der Waals surface area contributed by atoms with Crippen LogP contribution in [0.1, 0.15) is 17.2 Å². The SMILES string of the molecule is O=CC1NC=Cc2cc(-c3ccc(N4CCNCC4)cc3)nc(Nc3ccc(N4CCOCC4)cc3)c21. The average molecular weight is 497 g/mol. The zero-order valence-electron chi connectivity index (χ0n) is 20.8. The Morgan fingerprint density at radius 1 is 0.919 bits per heavy atom. The largest absolute Gasteiger partial charge is 0.378 e. The Hall–Kier alpha value is -3.88. The van der Waals surface area contributed by atoms with Crippen LogP contribution in [-0.2, 0) is 9.53 Å². The van der Waals surface area contributed by atoms with Crippen molar-refractivity contribution in [2.24, 2.45) is 0 Å². The fourth-order valence-corrected chi connectivity index (χ4v) is 5.19. The lowest BCUT2D eigenvalue weighted by Gasteiger charge is -2.29. The molecule has 0 radical (unpaired) electrons. The third-order valence-electron chi connectivity index (χ3n) is 7.23. The summed E-state index contributed by atoms with van der Waals surface area (Å²) in [6.45, 7) is 7.36. The Morgan fingerprint density at radius 2 is 1.59 bits per heavy atom. The number of nitrogens with zero attached hydrogens (tertiary/aromatic N) is 3. The van der Waals surface area contributed by atoms with Crippen molar-refractivity contribution in [2.75, 3.05) is 67.6 Å². The molecule has 3 aromatic rings. The highest BCUT2D eigenvalue weighted by molar-refractivity contribution is 5.80. The summed E-state index contributed by atoms with van der Waals surface area (Å²) in [4.78, 5) is 21.7. The fraction of sp³-hybridized carbons (Fsp3) is 0.310. The summed E-state index contributed by atoms with van der Waals surface area (Å²) >= 11 is 0. The summed E-state index contributed by atoms with van der Waals surface area (Å²) in [6.07, 6.45) is 4.76. The zero-order chi connectivity index (χ0) is 25.0. The number of aldehydes is 1. The molecule has 8 heteroatoms. The molecule has 0 saturated carbocycles. The molecule has 0 aliphatic carbocycles. The topological polar surface area (TPSA) is 81.8 Å². The van der Waals surface area contributed by atoms with Gasteiger partial charge in [0.05, 0.1) is 18.9 Å². The number of aromatic nitrogens is 1. The smallest absolute Gasteiger partial charge is 0.146 e. The molecule has 1 atom stereocenters. The van der Waals surface area contributed by atoms with Crippen LogP contribution in [0.2, 0.25) is 0 Å². The molecular weight excluding hydrogens is 464 g/mol. The molecule has 1 aromatic heterocycles. The van der Waals surface area contributed by atoms with Gasteiger partial charge in [-0.1, -0.05) is 12.1 Å². The first-order valence-electron chi connectivity index (χ1n) is 13.0. The van der Waals surface area contributed by atoms with Crippen LogP contribution in [0.15, 0.2) is 60.8 Å². The molecule has 4 heterocycles. The van der Waals surface area contributed by atoms with Crippen LogP contribution in [0, 0.1) is 0 Å². The van der Waals surface area contributed by atoms with Crippen molar-refractivity contribution in [3.63, 3.8) is 0 Å². The van der Waals surface area contributed by atoms with Gasteiger partial charge < -0.3 is 35.3 Å². The minimum atomic E-state index is -0.452. The van der Waals surface area contributed by atoms with E-state index < -0.39 is 6.04 Å². The molecular formula is C29H32N6O2. The van der Waals surface area contributed by atoms with Crippen LogP contribution in [0.25, 0.3) is 17.3 Å². The van der Waals surface area contributed by atoms with E-state index in [4.69, 9.17) is 9.72 Å². The molecule has 2 aromatic carbocycles. The number of carbonyl (C=O) groups excluding carboxylic acids is 1. The number of anilines is 4. The van der Waals surface area contributed by atoms with Gasteiger partial charge in [0.15, 0.2) is 0 Å². The minimum Gasteiger partial charge on any atom is -0.378 e. The number of benzene rings is 2. The van der Waals surface area contributed by atoms with Crippen molar-refractivity contribution >= 4 is 35.2 Å². The maximum atomic E-state index is 11.9. The van der Waals surface area contributed by atoms with Crippen molar-refractivity contribution < 1.29 is 9.53 Å². The van der Waals surface area contributed by atoms with Crippen LogP contribution >= 0.6 is 0 Å². The van der Waals surface area contributed by atoms with Gasteiger partial charge in [0, 0.05) is 67.5 Å². The van der Waals surface area contributed by atoms with Crippen LogP contribution in [0.3, 0.4) is 0 Å². The molecule has 0 spiro atoms. The molecule has 6 rings (SSSR count). The van der Waals surface area contributed by atoms with E-state index in [1.54, 1.807) is 0 Å². The number of piperazine rings is 1. The predicted molar refractivity (Wildman–Crippen MR) is 148 cm³/mol. The lowest BCUT2D eigenvalue weighted by molar-refractivity contribution is -0.109. The van der Waals surface area contributed by atoms with Gasteiger partial charge in [0.1, 0.15) is 18.1 Å². The van der Waals surface area contributed by atoms with Gasteiger partial charge in [-0.15, -0.1) is 0 Å². The number of morpholine rings is 1. The normalized spacial score (nSPS) is 19.2. The van der Waals surface area contributed by atoms with Crippen LogP contribution < -0.4 is 25.8 Å². The van der Waals surface area contributed by atoms with Crippen molar-refractivity contribution in [1.82, 2.24) is 15.6 Å². The summed E-state index contributed by atoms with van der Waals surface area (Å²) < 4.78 is 5.48. The third-order valence-corrected chi connectivity index (χ3v) is 7.23. The molecule has 3 N–H and O–H groups in total. The van der Waals surface area contributed by atoms with E-state index in [9.17, 15) is 4.79 Å². The second kappa shape index (κ2) is 10.6. The molecule has 2 saturated heterocycles. The van der Waals surface area contributed by atoms with Crippen molar-refractivity contribution in [1.29, 1.82) is 0 Å². The Labute approximate surface area is 217 Å². The number of nitrogens with one attached hydrogen (secondary N) is 3. The summed E-state index contributed by atoms with van der Waals surface area (Å²) in [6, 6.07) is 18.6. The molecule has 1 unspecified atom stereocenters. The van der Waals surface area contributed by atoms with Crippen LogP contribution in [0.5, 0.6) is 0 Å². The van der Waals surface area contributed by atoms with Gasteiger partial charge in [0.25, 0.3) is 0 Å². The lowest BCUT2D eigenvalue weighted by Crippen LogP contribution is -2.43. The fourth-order valence-electron chi connectivity index (χ4n) is 5.19. The van der Waals surface area contributed by atoms with Crippen LogP contribution in [0.4, 0.5) is 22.9 Å². The summed E-state index contributed by atoms with van der Waals surface area (Å²) in [5.41, 5.74) is 7.09. The first kappa shape index (κ1) is 23.5. The lowest BCUT2D eigenvalue weighted by atomic mass is 9.96. The van der Waals surface area contributed by atoms with E-state index in [2.05, 4.69) is 80.3 Å². The van der Waals surface area contributed by atoms with E-state index >= 15 is 0 Å². The van der Waals surface area contributed by atoms with Crippen molar-refractivity contribution in [2.45, 2.75) is 6.04 Å². The van der Waals surface area contributed by atoms with E-state index in [1.807, 2.05) is 12.3 Å². The maximum Gasteiger partial charge on any atom is 0.146 e. The number of carbonyl (C=O) groups is 1. The maximum absolute atomic E-state index is 11.9. The highest BCUT2D eigenvalue weighted by Gasteiger charge is 2.23. The molecule has 0 bridgehead atoms. The monoisotopic (exact) mass is 496 g/mol. The Morgan fingerprint density at radius 3 is 2.30 bits per heavy atom. The molecule has 37 heavy (non-hydrogen) atoms. The molecule has 8 nitrogen and oxygen atoms in total. The van der Waals surface area contributed by atoms with Gasteiger partial charge in [-0.05, 0) is 60.3 Å². The molecule has 190 valence electrons. The predicted octanol–water partition coefficient (Wildman–Crippen LogP) is 3.55. The highest BCUT2D eigenvalue weighted by atomic mass is 16.5. The minimum absolute atomic E-state index is 0.452. The second-order valence-corrected chi connectivity index (χ2v) is 9.53. The van der Waals surface area contributed by atoms with Gasteiger partial charge >= 0.3 is 0 Å². The number of fused-ring (bicyclic) bond motifs is 1. The van der Waals surface area contributed by atoms with E-state index in [0.29, 0.717) is 5.82 Å². The molecule has 3 aliphatic rings. The van der Waals surface area contributed by atoms with Gasteiger partial charge in [0.2, 0.25) is 0 Å². The third kappa shape index (κ3) is 5.03. The zero-order valence-corrected chi connectivity index (χ0v) is 20.8. The number of hydrogen-bond acceptors (Lipinski definition) is 8. The summed E-state index contributed by atoms with van der Waals surface area (Å²) in [5, 5.41) is 10.0. The van der Waals surface area contributed by atoms with Crippen molar-refractivity contribution in [3.8, 4) is 11.3 Å². The standard InChI is InChI=1S/C29H32N6O2/c36-20-27-28-22(9-10-31-27)19-26(21-1-5-24(6-2-21)34-13-11-30-12-14-34)33-29(28)32-23-3-7-25(8-4-23)35-15-17-37-18-16-35/h1-10,19-20,27,30-31H,11-18H2,(H,32,33). The number of hydrogen-bond donors (Lipinski definition) is 3. The summed E-state index contributed by atoms with van der Waals surface area (Å²) in [5.74, 6) is 0.687. The van der Waals surface area contributed by atoms with E-state index in [0.717, 1.165) is 86.8 Å². The Balaban J connectivity index is 1.30. The van der Waals surface area contributed by atoms with Gasteiger partial charge in [-0.25, -0.2) is 4.98 Å². The number of pyridine rings is 1. The summed E-state index contributed by atoms with van der Waals surface area (Å²) in [7, 11) is 0. The molecule has 0 amide bonds.